The van der Waals surface area contributed by atoms with Crippen molar-refractivity contribution in [1.29, 1.82) is 0 Å². The fraction of sp³-hybridized carbons (Fsp3) is 0.742. The summed E-state index contributed by atoms with van der Waals surface area (Å²) in [6.07, 6.45) is 21.0. The van der Waals surface area contributed by atoms with Gasteiger partial charge in [-0.3, -0.25) is 9.59 Å². The van der Waals surface area contributed by atoms with Crippen molar-refractivity contribution in [3.8, 4) is 0 Å². The first-order valence-electron chi connectivity index (χ1n) is 14.1. The van der Waals surface area contributed by atoms with Crippen molar-refractivity contribution in [2.45, 2.75) is 104 Å². The molecule has 0 saturated heterocycles. The second-order valence-electron chi connectivity index (χ2n) is 12.9. The van der Waals surface area contributed by atoms with Gasteiger partial charge in [-0.2, -0.15) is 0 Å². The molecule has 6 aliphatic carbocycles. The van der Waals surface area contributed by atoms with Gasteiger partial charge in [0, 0.05) is 18.8 Å². The van der Waals surface area contributed by atoms with E-state index < -0.39 is 0 Å². The predicted octanol–water partition coefficient (Wildman–Crippen LogP) is 7.12. The molecule has 3 saturated carbocycles. The summed E-state index contributed by atoms with van der Waals surface area (Å²) < 4.78 is 6.00. The zero-order chi connectivity index (χ0) is 23.7. The van der Waals surface area contributed by atoms with Crippen LogP contribution in [-0.4, -0.2) is 17.9 Å². The van der Waals surface area contributed by atoms with Gasteiger partial charge in [0.15, 0.2) is 5.78 Å². The van der Waals surface area contributed by atoms with Gasteiger partial charge < -0.3 is 4.74 Å². The largest absolute Gasteiger partial charge is 0.462 e. The topological polar surface area (TPSA) is 43.4 Å². The van der Waals surface area contributed by atoms with Crippen LogP contribution < -0.4 is 0 Å². The molecule has 0 spiro atoms. The summed E-state index contributed by atoms with van der Waals surface area (Å²) in [5.74, 6) is 2.04. The minimum atomic E-state index is -0.170. The summed E-state index contributed by atoms with van der Waals surface area (Å²) in [6.45, 7) is 6.47. The molecule has 0 N–H and O–H groups in total. The third-order valence-electron chi connectivity index (χ3n) is 11.3. The number of hydrogen-bond acceptors (Lipinski definition) is 3. The van der Waals surface area contributed by atoms with Crippen LogP contribution in [0.15, 0.2) is 34.9 Å². The molecule has 184 valence electrons. The van der Waals surface area contributed by atoms with E-state index in [-0.39, 0.29) is 28.8 Å². The van der Waals surface area contributed by atoms with E-state index in [1.54, 1.807) is 12.5 Å². The highest BCUT2D eigenvalue weighted by Gasteiger charge is 2.64. The molecule has 0 aromatic heterocycles. The van der Waals surface area contributed by atoms with E-state index >= 15 is 0 Å². The van der Waals surface area contributed by atoms with E-state index in [1.165, 1.54) is 49.7 Å². The molecule has 3 unspecified atom stereocenters. The number of hydrogen-bond donors (Lipinski definition) is 0. The quantitative estimate of drug-likeness (QED) is 0.331. The average molecular weight is 463 g/mol. The minimum absolute atomic E-state index is 0.0562. The number of carbonyl (C=O) groups is 2. The second-order valence-corrected chi connectivity index (χ2v) is 12.9. The van der Waals surface area contributed by atoms with E-state index in [1.807, 2.05) is 0 Å². The van der Waals surface area contributed by atoms with Crippen LogP contribution >= 0.6 is 0 Å². The first kappa shape index (κ1) is 22.8. The van der Waals surface area contributed by atoms with Crippen LogP contribution in [-0.2, 0) is 14.3 Å². The Morgan fingerprint density at radius 2 is 1.74 bits per heavy atom. The van der Waals surface area contributed by atoms with Crippen molar-refractivity contribution in [2.24, 2.45) is 40.4 Å². The SMILES string of the molecule is CC(=O)O[C@@H]1CC2C3C(=O)C=C4C[C@@H](C5=CCCC5)CC[C@]4(C)C3CC[C@]2(C)[C@H]1C1=CCCC1. The molecular formula is C31H42O3. The van der Waals surface area contributed by atoms with Crippen molar-refractivity contribution < 1.29 is 14.3 Å². The monoisotopic (exact) mass is 462 g/mol. The van der Waals surface area contributed by atoms with Gasteiger partial charge in [0.2, 0.25) is 0 Å². The van der Waals surface area contributed by atoms with Crippen LogP contribution in [0.1, 0.15) is 97.8 Å². The van der Waals surface area contributed by atoms with Crippen LogP contribution in [0.2, 0.25) is 0 Å². The molecule has 8 atom stereocenters. The van der Waals surface area contributed by atoms with Gasteiger partial charge >= 0.3 is 5.97 Å². The Kier molecular flexibility index (Phi) is 5.50. The molecule has 0 heterocycles. The van der Waals surface area contributed by atoms with E-state index in [4.69, 9.17) is 4.74 Å². The lowest BCUT2D eigenvalue weighted by Crippen LogP contribution is -2.53. The summed E-state index contributed by atoms with van der Waals surface area (Å²) in [5.41, 5.74) is 4.85. The van der Waals surface area contributed by atoms with Gasteiger partial charge in [-0.15, -0.1) is 0 Å². The summed E-state index contributed by atoms with van der Waals surface area (Å²) in [7, 11) is 0. The summed E-state index contributed by atoms with van der Waals surface area (Å²) in [4.78, 5) is 26.0. The Bertz CT molecular complexity index is 985. The van der Waals surface area contributed by atoms with Gasteiger partial charge in [0.05, 0.1) is 0 Å². The molecule has 0 amide bonds. The zero-order valence-electron chi connectivity index (χ0n) is 21.4. The number of ketones is 1. The third-order valence-corrected chi connectivity index (χ3v) is 11.3. The number of ether oxygens (including phenoxy) is 1. The van der Waals surface area contributed by atoms with E-state index in [9.17, 15) is 9.59 Å². The highest BCUT2D eigenvalue weighted by atomic mass is 16.5. The predicted molar refractivity (Wildman–Crippen MR) is 134 cm³/mol. The molecule has 0 aliphatic heterocycles. The van der Waals surface area contributed by atoms with Crippen molar-refractivity contribution in [2.75, 3.05) is 0 Å². The molecule has 3 fully saturated rings. The number of carbonyl (C=O) groups excluding carboxylic acids is 2. The lowest BCUT2D eigenvalue weighted by molar-refractivity contribution is -0.148. The van der Waals surface area contributed by atoms with E-state index in [2.05, 4.69) is 32.1 Å². The van der Waals surface area contributed by atoms with Crippen molar-refractivity contribution in [3.05, 3.63) is 34.9 Å². The average Bonchev–Trinajstić information content (AvgIpc) is 3.53. The maximum atomic E-state index is 13.9. The van der Waals surface area contributed by atoms with E-state index in [0.29, 0.717) is 29.5 Å². The maximum Gasteiger partial charge on any atom is 0.302 e. The number of rotatable bonds is 3. The highest BCUT2D eigenvalue weighted by Crippen LogP contribution is 2.67. The van der Waals surface area contributed by atoms with Crippen molar-refractivity contribution in [3.63, 3.8) is 0 Å². The van der Waals surface area contributed by atoms with Crippen LogP contribution in [0.5, 0.6) is 0 Å². The minimum Gasteiger partial charge on any atom is -0.462 e. The van der Waals surface area contributed by atoms with Crippen LogP contribution in [0.4, 0.5) is 0 Å². The van der Waals surface area contributed by atoms with Gasteiger partial charge in [-0.05, 0) is 112 Å². The normalized spacial score (nSPS) is 45.6. The Labute approximate surface area is 205 Å². The van der Waals surface area contributed by atoms with E-state index in [0.717, 1.165) is 38.5 Å². The van der Waals surface area contributed by atoms with Crippen LogP contribution in [0, 0.1) is 40.4 Å². The number of esters is 1. The summed E-state index contributed by atoms with van der Waals surface area (Å²) in [5, 5.41) is 0. The highest BCUT2D eigenvalue weighted by molar-refractivity contribution is 5.94. The van der Waals surface area contributed by atoms with Gasteiger partial charge in [0.25, 0.3) is 0 Å². The smallest absolute Gasteiger partial charge is 0.302 e. The number of fused-ring (bicyclic) bond motifs is 5. The van der Waals surface area contributed by atoms with Crippen LogP contribution in [0.3, 0.4) is 0 Å². The van der Waals surface area contributed by atoms with Gasteiger partial charge in [-0.25, -0.2) is 0 Å². The maximum absolute atomic E-state index is 13.9. The van der Waals surface area contributed by atoms with Gasteiger partial charge in [0.1, 0.15) is 6.10 Å². The Balaban J connectivity index is 1.33. The third kappa shape index (κ3) is 3.35. The summed E-state index contributed by atoms with van der Waals surface area (Å²) >= 11 is 0. The number of allylic oxidation sites excluding steroid dienone is 5. The summed E-state index contributed by atoms with van der Waals surface area (Å²) in [6, 6.07) is 0. The zero-order valence-corrected chi connectivity index (χ0v) is 21.4. The lowest BCUT2D eigenvalue weighted by atomic mass is 9.46. The fourth-order valence-corrected chi connectivity index (χ4v) is 9.75. The van der Waals surface area contributed by atoms with Gasteiger partial charge in [-0.1, -0.05) is 42.7 Å². The molecular weight excluding hydrogens is 420 g/mol. The molecule has 34 heavy (non-hydrogen) atoms. The Morgan fingerprint density at radius 1 is 1.00 bits per heavy atom. The Morgan fingerprint density at radius 3 is 2.41 bits per heavy atom. The molecule has 0 aromatic rings. The molecule has 0 bridgehead atoms. The molecule has 0 aromatic carbocycles. The molecule has 6 aliphatic rings. The standard InChI is InChI=1S/C31H42O3/c1-19(32)34-27-18-25-28-24(13-15-31(25,3)29(27)21-10-6-7-11-21)30(2)14-12-22(20-8-4-5-9-20)16-23(30)17-26(28)33/h8,10,17,22,24-25,27-29H,4-7,9,11-16,18H2,1-3H3/t22-,24?,25?,27+,28?,29-,30-,31-/m0/s1. The Hall–Kier alpha value is -1.64. The lowest BCUT2D eigenvalue weighted by Gasteiger charge is -2.57. The van der Waals surface area contributed by atoms with Crippen molar-refractivity contribution >= 4 is 11.8 Å². The first-order chi connectivity index (χ1) is 16.3. The fourth-order valence-electron chi connectivity index (χ4n) is 9.75. The van der Waals surface area contributed by atoms with Crippen molar-refractivity contribution in [1.82, 2.24) is 0 Å². The second kappa shape index (κ2) is 8.20. The molecule has 3 heteroatoms. The first-order valence-corrected chi connectivity index (χ1v) is 14.1. The molecule has 3 nitrogen and oxygen atoms in total. The van der Waals surface area contributed by atoms with Crippen LogP contribution in [0.25, 0.3) is 0 Å². The molecule has 0 radical (unpaired) electrons. The molecule has 6 rings (SSSR count).